The summed E-state index contributed by atoms with van der Waals surface area (Å²) in [6, 6.07) is 5.98. The zero-order valence-corrected chi connectivity index (χ0v) is 12.7. The number of halogens is 1. The summed E-state index contributed by atoms with van der Waals surface area (Å²) < 4.78 is 24.0. The molecule has 1 aliphatic heterocycles. The number of esters is 1. The van der Waals surface area contributed by atoms with Crippen LogP contribution in [0.25, 0.3) is 0 Å². The second-order valence-electron chi connectivity index (χ2n) is 5.97. The Bertz CT molecular complexity index is 501. The number of rotatable bonds is 4. The molecule has 0 spiro atoms. The van der Waals surface area contributed by atoms with Crippen molar-refractivity contribution in [2.24, 2.45) is 0 Å². The fourth-order valence-corrected chi connectivity index (χ4v) is 2.78. The van der Waals surface area contributed by atoms with Gasteiger partial charge in [0.1, 0.15) is 11.4 Å². The molecule has 5 heteroatoms. The van der Waals surface area contributed by atoms with E-state index in [0.717, 1.165) is 0 Å². The molecule has 116 valence electrons. The van der Waals surface area contributed by atoms with Gasteiger partial charge < -0.3 is 14.8 Å². The summed E-state index contributed by atoms with van der Waals surface area (Å²) in [5, 5.41) is 3.24. The second kappa shape index (κ2) is 6.02. The maximum atomic E-state index is 13.0. The second-order valence-corrected chi connectivity index (χ2v) is 5.97. The van der Waals surface area contributed by atoms with Crippen LogP contribution in [0, 0.1) is 5.82 Å². The van der Waals surface area contributed by atoms with Gasteiger partial charge in [-0.05, 0) is 45.0 Å². The Morgan fingerprint density at radius 1 is 1.38 bits per heavy atom. The predicted molar refractivity (Wildman–Crippen MR) is 78.7 cm³/mol. The lowest BCUT2D eigenvalue weighted by molar-refractivity contribution is -0.158. The fraction of sp³-hybridized carbons (Fsp3) is 0.562. The lowest BCUT2D eigenvalue weighted by Crippen LogP contribution is -2.56. The predicted octanol–water partition coefficient (Wildman–Crippen LogP) is 3.13. The van der Waals surface area contributed by atoms with Crippen LogP contribution in [0.5, 0.6) is 0 Å². The van der Waals surface area contributed by atoms with Crippen LogP contribution in [-0.2, 0) is 14.3 Å². The quantitative estimate of drug-likeness (QED) is 0.867. The van der Waals surface area contributed by atoms with Crippen molar-refractivity contribution >= 4 is 11.7 Å². The Kier molecular flexibility index (Phi) is 4.52. The van der Waals surface area contributed by atoms with E-state index in [2.05, 4.69) is 5.32 Å². The van der Waals surface area contributed by atoms with Crippen molar-refractivity contribution in [2.45, 2.75) is 44.8 Å². The first kappa shape index (κ1) is 15.8. The molecule has 1 unspecified atom stereocenters. The van der Waals surface area contributed by atoms with Gasteiger partial charge in [0.25, 0.3) is 0 Å². The van der Waals surface area contributed by atoms with E-state index >= 15 is 0 Å². The number of hydrogen-bond acceptors (Lipinski definition) is 4. The summed E-state index contributed by atoms with van der Waals surface area (Å²) in [5.74, 6) is -0.594. The van der Waals surface area contributed by atoms with E-state index < -0.39 is 11.1 Å². The minimum absolute atomic E-state index is 0.286. The summed E-state index contributed by atoms with van der Waals surface area (Å²) in [7, 11) is 0. The van der Waals surface area contributed by atoms with Crippen LogP contribution in [0.2, 0.25) is 0 Å². The van der Waals surface area contributed by atoms with Gasteiger partial charge in [-0.25, -0.2) is 9.18 Å². The van der Waals surface area contributed by atoms with Gasteiger partial charge in [-0.15, -0.1) is 0 Å². The highest BCUT2D eigenvalue weighted by atomic mass is 19.1. The molecule has 1 heterocycles. The summed E-state index contributed by atoms with van der Waals surface area (Å²) >= 11 is 0. The number of benzene rings is 1. The first-order valence-corrected chi connectivity index (χ1v) is 7.22. The molecule has 1 fully saturated rings. The summed E-state index contributed by atoms with van der Waals surface area (Å²) in [4.78, 5) is 12.5. The fourth-order valence-electron chi connectivity index (χ4n) is 2.78. The molecule has 0 aromatic heterocycles. The van der Waals surface area contributed by atoms with Gasteiger partial charge in [0.2, 0.25) is 0 Å². The van der Waals surface area contributed by atoms with E-state index in [4.69, 9.17) is 9.47 Å². The van der Waals surface area contributed by atoms with Gasteiger partial charge in [0, 0.05) is 18.5 Å². The molecule has 4 nitrogen and oxygen atoms in total. The molecule has 0 radical (unpaired) electrons. The topological polar surface area (TPSA) is 47.6 Å². The Balaban J connectivity index is 2.27. The molecule has 0 saturated carbocycles. The standard InChI is InChI=1S/C16H22FNO3/c1-4-20-14(19)16(9-10-21-15(2,3)11-16)18-13-7-5-12(17)6-8-13/h5-8,18H,4,9-11H2,1-3H3. The van der Waals surface area contributed by atoms with Crippen LogP contribution in [0.15, 0.2) is 24.3 Å². The average molecular weight is 295 g/mol. The number of carbonyl (C=O) groups excluding carboxylic acids is 1. The van der Waals surface area contributed by atoms with E-state index in [1.165, 1.54) is 12.1 Å². The Morgan fingerprint density at radius 3 is 2.62 bits per heavy atom. The van der Waals surface area contributed by atoms with E-state index in [9.17, 15) is 9.18 Å². The molecular weight excluding hydrogens is 273 g/mol. The SMILES string of the molecule is CCOC(=O)C1(Nc2ccc(F)cc2)CCOC(C)(C)C1. The Morgan fingerprint density at radius 2 is 2.05 bits per heavy atom. The van der Waals surface area contributed by atoms with E-state index in [1.54, 1.807) is 19.1 Å². The normalized spacial score (nSPS) is 24.4. The van der Waals surface area contributed by atoms with Crippen molar-refractivity contribution in [3.05, 3.63) is 30.1 Å². The highest BCUT2D eigenvalue weighted by Gasteiger charge is 2.47. The number of anilines is 1. The number of nitrogens with one attached hydrogen (secondary N) is 1. The summed E-state index contributed by atoms with van der Waals surface area (Å²) in [5.41, 5.74) is -0.560. The van der Waals surface area contributed by atoms with Crippen molar-refractivity contribution in [3.63, 3.8) is 0 Å². The zero-order chi connectivity index (χ0) is 15.5. The van der Waals surface area contributed by atoms with Gasteiger partial charge in [-0.2, -0.15) is 0 Å². The lowest BCUT2D eigenvalue weighted by atomic mass is 9.81. The van der Waals surface area contributed by atoms with E-state index in [-0.39, 0.29) is 11.8 Å². The Hall–Kier alpha value is -1.62. The minimum Gasteiger partial charge on any atom is -0.464 e. The third-order valence-electron chi connectivity index (χ3n) is 3.64. The van der Waals surface area contributed by atoms with Crippen molar-refractivity contribution < 1.29 is 18.7 Å². The summed E-state index contributed by atoms with van der Waals surface area (Å²) in [6.45, 7) is 6.49. The number of hydrogen-bond donors (Lipinski definition) is 1. The molecule has 1 atom stereocenters. The van der Waals surface area contributed by atoms with E-state index in [1.807, 2.05) is 13.8 Å². The van der Waals surface area contributed by atoms with Crippen LogP contribution in [0.1, 0.15) is 33.6 Å². The summed E-state index contributed by atoms with van der Waals surface area (Å²) in [6.07, 6.45) is 1.02. The van der Waals surface area contributed by atoms with Crippen molar-refractivity contribution in [3.8, 4) is 0 Å². The van der Waals surface area contributed by atoms with E-state index in [0.29, 0.717) is 31.7 Å². The first-order valence-electron chi connectivity index (χ1n) is 7.22. The molecule has 1 aromatic carbocycles. The molecule has 1 aliphatic rings. The highest BCUT2D eigenvalue weighted by molar-refractivity contribution is 5.85. The number of ether oxygens (including phenoxy) is 2. The maximum Gasteiger partial charge on any atom is 0.331 e. The highest BCUT2D eigenvalue weighted by Crippen LogP contribution is 2.35. The zero-order valence-electron chi connectivity index (χ0n) is 12.7. The van der Waals surface area contributed by atoms with Crippen molar-refractivity contribution in [1.29, 1.82) is 0 Å². The van der Waals surface area contributed by atoms with Crippen LogP contribution in [0.4, 0.5) is 10.1 Å². The molecule has 2 rings (SSSR count). The number of carbonyl (C=O) groups is 1. The van der Waals surface area contributed by atoms with Gasteiger partial charge in [0.05, 0.1) is 18.8 Å². The molecular formula is C16H22FNO3. The van der Waals surface area contributed by atoms with Crippen LogP contribution in [-0.4, -0.2) is 30.3 Å². The lowest BCUT2D eigenvalue weighted by Gasteiger charge is -2.43. The molecule has 0 aliphatic carbocycles. The van der Waals surface area contributed by atoms with Crippen molar-refractivity contribution in [1.82, 2.24) is 0 Å². The van der Waals surface area contributed by atoms with Gasteiger partial charge in [-0.3, -0.25) is 0 Å². The van der Waals surface area contributed by atoms with Crippen LogP contribution < -0.4 is 5.32 Å². The van der Waals surface area contributed by atoms with Gasteiger partial charge in [0.15, 0.2) is 0 Å². The molecule has 1 saturated heterocycles. The smallest absolute Gasteiger partial charge is 0.331 e. The monoisotopic (exact) mass is 295 g/mol. The average Bonchev–Trinajstić information content (AvgIpc) is 2.40. The molecule has 1 aromatic rings. The maximum absolute atomic E-state index is 13.0. The van der Waals surface area contributed by atoms with Crippen LogP contribution >= 0.6 is 0 Å². The molecule has 1 N–H and O–H groups in total. The largest absolute Gasteiger partial charge is 0.464 e. The van der Waals surface area contributed by atoms with Gasteiger partial charge in [-0.1, -0.05) is 0 Å². The van der Waals surface area contributed by atoms with Crippen molar-refractivity contribution in [2.75, 3.05) is 18.5 Å². The minimum atomic E-state index is -0.838. The molecule has 21 heavy (non-hydrogen) atoms. The first-order chi connectivity index (χ1) is 9.87. The third-order valence-corrected chi connectivity index (χ3v) is 3.64. The third kappa shape index (κ3) is 3.73. The molecule has 0 bridgehead atoms. The Labute approximate surface area is 124 Å². The van der Waals surface area contributed by atoms with Crippen LogP contribution in [0.3, 0.4) is 0 Å². The van der Waals surface area contributed by atoms with Gasteiger partial charge >= 0.3 is 5.97 Å². The molecule has 0 amide bonds.